The number of carbonyl (C=O) groups excluding carboxylic acids is 10. The number of likely N-dealkylation sites (N-methyl/N-ethyl adjacent to an activating group) is 3. The van der Waals surface area contributed by atoms with E-state index < -0.39 is 111 Å². The fourth-order valence-electron chi connectivity index (χ4n) is 16.3. The van der Waals surface area contributed by atoms with E-state index in [4.69, 9.17) is 23.4 Å². The van der Waals surface area contributed by atoms with Gasteiger partial charge in [0.05, 0.1) is 24.2 Å². The number of hydrogen-bond donors (Lipinski definition) is 7. The summed E-state index contributed by atoms with van der Waals surface area (Å²) in [4.78, 5) is 191. The fourth-order valence-corrected chi connectivity index (χ4v) is 21.7. The van der Waals surface area contributed by atoms with Crippen LogP contribution < -0.4 is 16.0 Å². The Balaban J connectivity index is 0.000000506. The highest BCUT2D eigenvalue weighted by atomic mass is 32.1. The van der Waals surface area contributed by atoms with Crippen molar-refractivity contribution in [1.29, 1.82) is 0 Å². The molecule has 0 bridgehead atoms. The number of aromatic carboxylic acids is 3. The lowest BCUT2D eigenvalue weighted by atomic mass is 9.92. The Labute approximate surface area is 790 Å². The number of thiazole rings is 3. The van der Waals surface area contributed by atoms with Gasteiger partial charge in [-0.15, -0.1) is 34.0 Å². The average Bonchev–Trinajstić information content (AvgIpc) is 1.76. The second kappa shape index (κ2) is 59.0. The molecule has 3 saturated heterocycles. The molecule has 34 nitrogen and oxygen atoms in total. The van der Waals surface area contributed by atoms with E-state index in [0.717, 1.165) is 112 Å². The molecule has 3 unspecified atom stereocenters. The molecule has 3 fully saturated rings. The van der Waals surface area contributed by atoms with Gasteiger partial charge in [-0.2, -0.15) is 0 Å². The van der Waals surface area contributed by atoms with Crippen molar-refractivity contribution in [1.82, 2.24) is 60.3 Å². The molecule has 0 saturated carbocycles. The molecule has 38 heteroatoms. The summed E-state index contributed by atoms with van der Waals surface area (Å²) >= 11 is 3.33. The molecule has 0 aromatic carbocycles. The number of nitrogens with one attached hydrogen (secondary N) is 3. The first kappa shape index (κ1) is 117. The number of piperidine rings is 3. The Kier molecular flexibility index (Phi) is 52.8. The van der Waals surface area contributed by atoms with E-state index in [9.17, 15) is 82.8 Å². The lowest BCUT2D eigenvalue weighted by Crippen LogP contribution is -2.59. The van der Waals surface area contributed by atoms with E-state index in [1.54, 1.807) is 4.90 Å². The second-order valence-corrected chi connectivity index (χ2v) is 43.3. The highest BCUT2D eigenvalue weighted by Crippen LogP contribution is 2.39. The first-order valence-electron chi connectivity index (χ1n) is 47.0. The van der Waals surface area contributed by atoms with Crippen molar-refractivity contribution >= 4 is 120 Å². The minimum atomic E-state index is -2.22. The second-order valence-electron chi connectivity index (χ2n) is 35.9. The topological polar surface area (TPSA) is 443 Å². The first-order chi connectivity index (χ1) is 61.5. The van der Waals surface area contributed by atoms with Gasteiger partial charge in [0, 0.05) is 73.3 Å². The third-order valence-electron chi connectivity index (χ3n) is 25.4. The zero-order chi connectivity index (χ0) is 97.6. The number of esters is 4. The van der Waals surface area contributed by atoms with Gasteiger partial charge in [-0.05, 0) is 159 Å². The van der Waals surface area contributed by atoms with Crippen molar-refractivity contribution in [3.8, 4) is 0 Å². The maximum atomic E-state index is 14.7. The lowest BCUT2D eigenvalue weighted by molar-refractivity contribution is -0.161. The Hall–Kier alpha value is -7.98. The number of carboxylic acids is 3. The van der Waals surface area contributed by atoms with Crippen LogP contribution in [0.1, 0.15) is 339 Å². The normalized spacial score (nSPS) is 18.4. The van der Waals surface area contributed by atoms with Crippen LogP contribution in [0.15, 0.2) is 16.1 Å². The number of ether oxygens (including phenoxy) is 4. The zero-order valence-electron chi connectivity index (χ0n) is 81.2. The molecule has 3 aliphatic heterocycles. The number of aromatic nitrogens is 3. The molecule has 744 valence electrons. The first-order valence-corrected chi connectivity index (χ1v) is 52.1. The minimum absolute atomic E-state index is 0. The minimum Gasteiger partial charge on any atom is -0.476 e. The number of rotatable bonds is 51. The smallest absolute Gasteiger partial charge is 0.355 e. The van der Waals surface area contributed by atoms with E-state index in [0.29, 0.717) is 56.4 Å². The number of amides is 6. The number of nitrogens with zero attached hydrogens (tertiary/aromatic N) is 9. The van der Waals surface area contributed by atoms with Crippen LogP contribution >= 0.6 is 34.0 Å². The molecule has 0 radical (unpaired) electrons. The van der Waals surface area contributed by atoms with Crippen molar-refractivity contribution < 1.29 is 106 Å². The predicted octanol–water partition coefficient (Wildman–Crippen LogP) is 14.5. The number of aliphatic hydroxyl groups is 1. The van der Waals surface area contributed by atoms with Gasteiger partial charge in [-0.3, -0.25) is 62.6 Å². The molecular formula is C93H158N12O22S3Si. The van der Waals surface area contributed by atoms with Crippen LogP contribution in [0.5, 0.6) is 0 Å². The van der Waals surface area contributed by atoms with Gasteiger partial charge in [0.25, 0.3) is 0 Å². The number of carboxylic acid groups (broad SMARTS) is 3. The Morgan fingerprint density at radius 1 is 0.443 bits per heavy atom. The molecular weight excluding hydrogens is 1760 g/mol. The van der Waals surface area contributed by atoms with Crippen LogP contribution in [0, 0.1) is 35.5 Å². The van der Waals surface area contributed by atoms with Crippen molar-refractivity contribution in [2.75, 3.05) is 61.0 Å². The summed E-state index contributed by atoms with van der Waals surface area (Å²) in [6.07, 6.45) is 10.2. The molecule has 3 aromatic rings. The highest BCUT2D eigenvalue weighted by molar-refractivity contribution is 7.10. The summed E-state index contributed by atoms with van der Waals surface area (Å²) in [5.41, 5.74) is -0.370. The Morgan fingerprint density at radius 3 is 0.985 bits per heavy atom. The summed E-state index contributed by atoms with van der Waals surface area (Å²) in [6.45, 7) is 38.0. The monoisotopic (exact) mass is 1920 g/mol. The third-order valence-corrected chi connectivity index (χ3v) is 32.9. The largest absolute Gasteiger partial charge is 0.476 e. The molecule has 0 spiro atoms. The van der Waals surface area contributed by atoms with Gasteiger partial charge in [0.2, 0.25) is 35.4 Å². The summed E-state index contributed by atoms with van der Waals surface area (Å²) in [5.74, 6) is -8.13. The summed E-state index contributed by atoms with van der Waals surface area (Å²) in [7, 11) is 3.54. The Bertz CT molecular complexity index is 4060. The third kappa shape index (κ3) is 36.3. The van der Waals surface area contributed by atoms with Crippen molar-refractivity contribution in [2.45, 2.75) is 365 Å². The van der Waals surface area contributed by atoms with Crippen LogP contribution in [0.2, 0.25) is 18.1 Å². The Morgan fingerprint density at radius 2 is 0.725 bits per heavy atom. The predicted molar refractivity (Wildman–Crippen MR) is 507 cm³/mol. The van der Waals surface area contributed by atoms with Gasteiger partial charge in [-0.1, -0.05) is 171 Å². The van der Waals surface area contributed by atoms with E-state index in [1.807, 2.05) is 140 Å². The van der Waals surface area contributed by atoms with Gasteiger partial charge >= 0.3 is 41.8 Å². The SMILES string of the molecule is C.CCCC(=O)OCN(C(=O)[C@@H](NC(=O)[C@H]1CCCCN1C)C(C)CC)[C@H](C[C@@H](O)c1nc(C(=O)O)cs1)C(C)C.CCCC(=O)OCN(C(=O)[C@@H](NC(=O)[C@H]1CCCCN1C)C(C)CC)[C@H](C[C@@H](OC(C)=O)c1nc(C(=O)O)cs1)C(C)C.CCCC(=O)OCN(C(=O)[C@@H](NC(=O)[C@H]1CCCCN1C)C(C)CC)[C@H](C[C@@H](O[Si](CC)(CC)CC)c1nc(C(=O)O)cs1)C(C)C. The van der Waals surface area contributed by atoms with Crippen LogP contribution in [0.4, 0.5) is 0 Å². The average molecular weight is 1920 g/mol. The number of carbonyl (C=O) groups is 13. The summed E-state index contributed by atoms with van der Waals surface area (Å²) < 4.78 is 29.3. The van der Waals surface area contributed by atoms with E-state index in [2.05, 4.69) is 51.7 Å². The molecule has 6 rings (SSSR count). The lowest BCUT2D eigenvalue weighted by Gasteiger charge is -2.41. The summed E-state index contributed by atoms with van der Waals surface area (Å²) in [6, 6.07) is -2.54. The van der Waals surface area contributed by atoms with E-state index >= 15 is 0 Å². The van der Waals surface area contributed by atoms with E-state index in [1.165, 1.54) is 44.2 Å². The van der Waals surface area contributed by atoms with E-state index in [-0.39, 0.29) is 170 Å². The number of likely N-dealkylation sites (tertiary alicyclic amines) is 3. The molecule has 7 N–H and O–H groups in total. The molecule has 3 aliphatic rings. The maximum absolute atomic E-state index is 14.7. The van der Waals surface area contributed by atoms with Gasteiger partial charge < -0.3 is 74.4 Å². The summed E-state index contributed by atoms with van der Waals surface area (Å²) in [5, 5.41) is 53.7. The van der Waals surface area contributed by atoms with Crippen LogP contribution in [0.25, 0.3) is 0 Å². The van der Waals surface area contributed by atoms with Gasteiger partial charge in [0.15, 0.2) is 51.7 Å². The molecule has 3 aromatic heterocycles. The molecule has 6 amide bonds. The zero-order valence-corrected chi connectivity index (χ0v) is 84.7. The molecule has 6 heterocycles. The standard InChI is InChI=1S/C34H60N4O7SSi.C30H48N4O8S.C28H46N4O7S.CH4/c1-10-17-29(39)44-22-38(33(41)30(24(8)11-2)36-31(40)26-18-15-16-19-37(26)9)27(23(6)7)20-28(45-47(12-3,13-4)14-5)32-35-25(21-46-32)34(42)43;1-8-12-25(36)41-17-34(29(38)26(19(5)9-2)32-27(37)22-13-10-11-14-33(22)7)23(18(3)4)15-24(42-20(6)35)28-31-21(16-43-28)30(39)40;1-7-11-23(34)39-16-32(21(17(3)4)14-22(33)26-29-19(15-40-26)28(37)38)27(36)24(18(5)8-2)30-25(35)20-12-9-10-13-31(20)6;/h21,23-24,26-28,30H,10-20,22H2,1-9H3,(H,36,40)(H,42,43);16,18-19,22-24,26H,8-15,17H2,1-7H3,(H,32,37)(H,39,40);15,17-18,20-22,24,33H,7-14,16H2,1-6H3,(H,30,35)(H,37,38);1H4/t24?,26-,27-,28-,30+;19?,22-,23-,24-,26+;18?,20-,21-,22-,24+;/m111./s1. The molecule has 0 aliphatic carbocycles. The van der Waals surface area contributed by atoms with Gasteiger partial charge in [-0.25, -0.2) is 29.3 Å². The highest BCUT2D eigenvalue weighted by Gasteiger charge is 2.45. The van der Waals surface area contributed by atoms with Crippen LogP contribution in [-0.2, 0) is 71.3 Å². The quantitative estimate of drug-likeness (QED) is 0.0119. The van der Waals surface area contributed by atoms with Crippen molar-refractivity contribution in [2.24, 2.45) is 35.5 Å². The van der Waals surface area contributed by atoms with Crippen molar-refractivity contribution in [3.63, 3.8) is 0 Å². The van der Waals surface area contributed by atoms with Crippen LogP contribution in [0.3, 0.4) is 0 Å². The molecule has 131 heavy (non-hydrogen) atoms. The fraction of sp³-hybridized carbons (Fsp3) is 0.763. The molecule has 15 atom stereocenters. The number of aliphatic hydroxyl groups excluding tert-OH is 1. The van der Waals surface area contributed by atoms with Crippen LogP contribution in [-0.4, -0.2) is 266 Å². The maximum Gasteiger partial charge on any atom is 0.355 e. The number of hydrogen-bond acceptors (Lipinski definition) is 28. The van der Waals surface area contributed by atoms with Crippen molar-refractivity contribution in [3.05, 3.63) is 48.2 Å². The van der Waals surface area contributed by atoms with Gasteiger partial charge in [0.1, 0.15) is 39.3 Å².